The molecule has 0 aromatic carbocycles. The molecule has 3 saturated heterocycles. The third kappa shape index (κ3) is 5.72. The number of hydrogen-bond acceptors (Lipinski definition) is 11. The van der Waals surface area contributed by atoms with E-state index in [1.807, 2.05) is 27.7 Å². The fourth-order valence-corrected chi connectivity index (χ4v) is 12.4. The fraction of sp³-hybridized carbons (Fsp3) is 0.865. The van der Waals surface area contributed by atoms with E-state index >= 15 is 0 Å². The van der Waals surface area contributed by atoms with Gasteiger partial charge in [0.05, 0.1) is 61.6 Å². The summed E-state index contributed by atoms with van der Waals surface area (Å²) in [7, 11) is 0. The molecule has 0 aromatic rings. The van der Waals surface area contributed by atoms with Crippen molar-refractivity contribution in [3.8, 4) is 0 Å². The molecule has 0 aromatic heterocycles. The standard InChI is InChI=1S/C37H52O12/c1-15-17-6-7-18(12-17)22(15)26-27(36(44)48-35(26)43)25-20-13-19(14-21(20)33(41)49-37(3,4)5)24(25)23-16(2)30-29(28(32(39)40)31(23)47-30)34(42)46-11-10-45-9-8-38/h15-31,38H,6-14H2,1-5H3,(H,39,40). The number of carboxylic acid groups (broad SMARTS) is 1. The molecule has 2 N–H and O–H groups in total. The largest absolute Gasteiger partial charge is 0.481 e. The summed E-state index contributed by atoms with van der Waals surface area (Å²) in [5.74, 6) is -7.11. The number of hydrogen-bond donors (Lipinski definition) is 2. The number of cyclic esters (lactones) is 2. The summed E-state index contributed by atoms with van der Waals surface area (Å²) in [6, 6.07) is 0. The molecule has 17 unspecified atom stereocenters. The van der Waals surface area contributed by atoms with Crippen molar-refractivity contribution in [2.75, 3.05) is 26.4 Å². The molecule has 49 heavy (non-hydrogen) atoms. The number of carbonyl (C=O) groups excluding carboxylic acids is 4. The Balaban J connectivity index is 1.21. The lowest BCUT2D eigenvalue weighted by Gasteiger charge is -2.47. The lowest BCUT2D eigenvalue weighted by atomic mass is 9.54. The van der Waals surface area contributed by atoms with Gasteiger partial charge in [0.2, 0.25) is 0 Å². The van der Waals surface area contributed by atoms with Crippen LogP contribution >= 0.6 is 0 Å². The van der Waals surface area contributed by atoms with Gasteiger partial charge < -0.3 is 33.9 Å². The lowest BCUT2D eigenvalue weighted by molar-refractivity contribution is -0.167. The van der Waals surface area contributed by atoms with Gasteiger partial charge in [-0.25, -0.2) is 0 Å². The van der Waals surface area contributed by atoms with Gasteiger partial charge in [-0.3, -0.25) is 24.0 Å². The van der Waals surface area contributed by atoms with E-state index in [0.29, 0.717) is 24.7 Å². The molecule has 0 spiro atoms. The summed E-state index contributed by atoms with van der Waals surface area (Å²) < 4.78 is 28.5. The Morgan fingerprint density at radius 2 is 1.47 bits per heavy atom. The van der Waals surface area contributed by atoms with Crippen LogP contribution in [0.1, 0.15) is 66.7 Å². The van der Waals surface area contributed by atoms with E-state index in [4.69, 9.17) is 28.8 Å². The van der Waals surface area contributed by atoms with Crippen molar-refractivity contribution in [3.63, 3.8) is 0 Å². The first kappa shape index (κ1) is 34.9. The summed E-state index contributed by atoms with van der Waals surface area (Å²) in [5, 5.41) is 19.4. The van der Waals surface area contributed by atoms with Gasteiger partial charge in [-0.1, -0.05) is 13.8 Å². The van der Waals surface area contributed by atoms with Crippen molar-refractivity contribution in [2.45, 2.75) is 84.5 Å². The number of carbonyl (C=O) groups is 5. The minimum absolute atomic E-state index is 0.00644. The first-order valence-corrected chi connectivity index (χ1v) is 18.4. The van der Waals surface area contributed by atoms with Gasteiger partial charge in [0.15, 0.2) is 0 Å². The number of ether oxygens (including phenoxy) is 5. The molecule has 7 fully saturated rings. The highest BCUT2D eigenvalue weighted by Gasteiger charge is 2.72. The molecular weight excluding hydrogens is 636 g/mol. The van der Waals surface area contributed by atoms with Crippen LogP contribution < -0.4 is 0 Å². The normalized spacial score (nSPS) is 46.4. The number of aliphatic carboxylic acids is 1. The molecule has 0 radical (unpaired) electrons. The van der Waals surface area contributed by atoms with Crippen molar-refractivity contribution < 1.29 is 57.9 Å². The predicted molar refractivity (Wildman–Crippen MR) is 169 cm³/mol. The molecule has 4 saturated carbocycles. The number of esters is 4. The second-order valence-corrected chi connectivity index (χ2v) is 17.1. The summed E-state index contributed by atoms with van der Waals surface area (Å²) in [6.07, 6.45) is 2.98. The van der Waals surface area contributed by atoms with E-state index in [2.05, 4.69) is 6.92 Å². The van der Waals surface area contributed by atoms with E-state index in [0.717, 1.165) is 19.3 Å². The van der Waals surface area contributed by atoms with Gasteiger partial charge in [-0.15, -0.1) is 0 Å². The van der Waals surface area contributed by atoms with Gasteiger partial charge in [0.1, 0.15) is 12.2 Å². The van der Waals surface area contributed by atoms with Crippen LogP contribution in [0.15, 0.2) is 0 Å². The predicted octanol–water partition coefficient (Wildman–Crippen LogP) is 3.12. The van der Waals surface area contributed by atoms with Crippen molar-refractivity contribution in [1.29, 1.82) is 0 Å². The Labute approximate surface area is 287 Å². The number of fused-ring (bicyclic) bond motifs is 6. The molecule has 272 valence electrons. The number of rotatable bonds is 11. The van der Waals surface area contributed by atoms with Crippen LogP contribution in [0.3, 0.4) is 0 Å². The second-order valence-electron chi connectivity index (χ2n) is 17.1. The number of aliphatic hydroxyl groups excluding tert-OH is 1. The molecule has 17 atom stereocenters. The fourth-order valence-electron chi connectivity index (χ4n) is 12.4. The minimum Gasteiger partial charge on any atom is -0.481 e. The highest BCUT2D eigenvalue weighted by Crippen LogP contribution is 2.68. The van der Waals surface area contributed by atoms with Crippen LogP contribution in [-0.2, 0) is 47.7 Å². The molecule has 7 aliphatic rings. The van der Waals surface area contributed by atoms with Gasteiger partial charge in [0.25, 0.3) is 0 Å². The topological polar surface area (TPSA) is 172 Å². The minimum atomic E-state index is -1.14. The second kappa shape index (κ2) is 12.9. The molecule has 6 bridgehead atoms. The zero-order chi connectivity index (χ0) is 35.1. The van der Waals surface area contributed by atoms with Crippen LogP contribution in [0.25, 0.3) is 0 Å². The van der Waals surface area contributed by atoms with E-state index in [1.54, 1.807) is 0 Å². The van der Waals surface area contributed by atoms with Crippen molar-refractivity contribution in [1.82, 2.24) is 0 Å². The van der Waals surface area contributed by atoms with Crippen LogP contribution in [0.5, 0.6) is 0 Å². The van der Waals surface area contributed by atoms with Gasteiger partial charge in [-0.2, -0.15) is 0 Å². The Kier molecular flexibility index (Phi) is 9.17. The Morgan fingerprint density at radius 1 is 0.776 bits per heavy atom. The van der Waals surface area contributed by atoms with Crippen molar-refractivity contribution in [3.05, 3.63) is 0 Å². The first-order valence-electron chi connectivity index (χ1n) is 18.4. The van der Waals surface area contributed by atoms with Crippen LogP contribution in [0.2, 0.25) is 0 Å². The maximum atomic E-state index is 13.9. The van der Waals surface area contributed by atoms with E-state index < -0.39 is 71.3 Å². The Hall–Kier alpha value is -2.57. The van der Waals surface area contributed by atoms with E-state index in [-0.39, 0.29) is 79.7 Å². The molecule has 3 aliphatic heterocycles. The molecule has 12 nitrogen and oxygen atoms in total. The van der Waals surface area contributed by atoms with Crippen LogP contribution in [-0.4, -0.2) is 84.3 Å². The molecule has 7 rings (SSSR count). The quantitative estimate of drug-likeness (QED) is 0.141. The third-order valence-corrected chi connectivity index (χ3v) is 13.8. The molecule has 12 heteroatoms. The third-order valence-electron chi connectivity index (χ3n) is 13.8. The molecule has 4 aliphatic carbocycles. The number of aliphatic hydroxyl groups is 1. The monoisotopic (exact) mass is 688 g/mol. The van der Waals surface area contributed by atoms with Gasteiger partial charge >= 0.3 is 29.8 Å². The first-order chi connectivity index (χ1) is 23.2. The highest BCUT2D eigenvalue weighted by molar-refractivity contribution is 5.97. The van der Waals surface area contributed by atoms with Crippen LogP contribution in [0.4, 0.5) is 0 Å². The van der Waals surface area contributed by atoms with Gasteiger partial charge in [-0.05, 0) is 112 Å². The summed E-state index contributed by atoms with van der Waals surface area (Å²) in [4.78, 5) is 67.5. The maximum Gasteiger partial charge on any atom is 0.317 e. The number of carboxylic acids is 1. The SMILES string of the molecule is CC1C2CCC(C2)C1C1C(=O)OC(=O)C1C1C2CC(CC2C(=O)OC(C)(C)C)C1C1C(C)C2OC1C(C(=O)O)C2C(=O)OCCOCCO. The molecule has 0 amide bonds. The maximum absolute atomic E-state index is 13.9. The van der Waals surface area contributed by atoms with Crippen molar-refractivity contribution in [2.24, 2.45) is 88.8 Å². The average Bonchev–Trinajstić information content (AvgIpc) is 3.87. The van der Waals surface area contributed by atoms with Crippen LogP contribution in [0, 0.1) is 88.8 Å². The van der Waals surface area contributed by atoms with E-state index in [9.17, 15) is 29.1 Å². The smallest absolute Gasteiger partial charge is 0.317 e. The molecular formula is C37H52O12. The Morgan fingerprint density at radius 3 is 2.10 bits per heavy atom. The summed E-state index contributed by atoms with van der Waals surface area (Å²) in [6.45, 7) is 9.64. The van der Waals surface area contributed by atoms with Crippen molar-refractivity contribution >= 4 is 29.8 Å². The van der Waals surface area contributed by atoms with Gasteiger partial charge in [0, 0.05) is 0 Å². The zero-order valence-electron chi connectivity index (χ0n) is 29.2. The highest BCUT2D eigenvalue weighted by atomic mass is 16.6. The van der Waals surface area contributed by atoms with E-state index in [1.165, 1.54) is 0 Å². The zero-order valence-corrected chi connectivity index (χ0v) is 29.2. The lowest BCUT2D eigenvalue weighted by Crippen LogP contribution is -2.53. The summed E-state index contributed by atoms with van der Waals surface area (Å²) in [5.41, 5.74) is -0.687. The Bertz CT molecular complexity index is 1350. The molecule has 3 heterocycles. The summed E-state index contributed by atoms with van der Waals surface area (Å²) >= 11 is 0. The average molecular weight is 689 g/mol.